The van der Waals surface area contributed by atoms with E-state index in [-0.39, 0.29) is 11.3 Å². The molecule has 0 saturated heterocycles. The second-order valence-corrected chi connectivity index (χ2v) is 7.51. The standard InChI is InChI=1S/C18H16FNO4S/c1-24-15-6-4-5-13(11-15)20(14-9-10-25(22,23)12-14)18(21)16-7-2-3-8-17(16)19/h2-11,14H,12H2,1H3. The SMILES string of the molecule is COc1cccc(N(C(=O)c2ccccc2F)C2C=CS(=O)(=O)C2)c1. The van der Waals surface area contributed by atoms with E-state index in [0.717, 1.165) is 5.41 Å². The average Bonchev–Trinajstić information content (AvgIpc) is 2.95. The zero-order valence-electron chi connectivity index (χ0n) is 13.4. The maximum atomic E-state index is 14.1. The van der Waals surface area contributed by atoms with Gasteiger partial charge in [-0.05, 0) is 30.3 Å². The smallest absolute Gasteiger partial charge is 0.261 e. The topological polar surface area (TPSA) is 63.7 Å². The molecule has 25 heavy (non-hydrogen) atoms. The molecule has 0 spiro atoms. The van der Waals surface area contributed by atoms with Crippen molar-refractivity contribution in [2.75, 3.05) is 17.8 Å². The largest absolute Gasteiger partial charge is 0.497 e. The minimum Gasteiger partial charge on any atom is -0.497 e. The van der Waals surface area contributed by atoms with Gasteiger partial charge in [0.05, 0.1) is 24.5 Å². The van der Waals surface area contributed by atoms with Crippen molar-refractivity contribution in [3.05, 3.63) is 71.4 Å². The number of hydrogen-bond acceptors (Lipinski definition) is 4. The predicted octanol–water partition coefficient (Wildman–Crippen LogP) is 2.79. The van der Waals surface area contributed by atoms with Crippen molar-refractivity contribution in [3.8, 4) is 5.75 Å². The van der Waals surface area contributed by atoms with Gasteiger partial charge in [-0.15, -0.1) is 0 Å². The molecule has 130 valence electrons. The van der Waals surface area contributed by atoms with Gasteiger partial charge in [0.2, 0.25) is 0 Å². The van der Waals surface area contributed by atoms with Gasteiger partial charge in [-0.3, -0.25) is 4.79 Å². The molecular weight excluding hydrogens is 345 g/mol. The van der Waals surface area contributed by atoms with E-state index in [1.54, 1.807) is 30.3 Å². The number of ether oxygens (including phenoxy) is 1. The molecule has 0 radical (unpaired) electrons. The quantitative estimate of drug-likeness (QED) is 0.840. The van der Waals surface area contributed by atoms with Crippen LogP contribution in [0.5, 0.6) is 5.75 Å². The summed E-state index contributed by atoms with van der Waals surface area (Å²) in [6.07, 6.45) is 1.44. The Morgan fingerprint density at radius 3 is 2.60 bits per heavy atom. The lowest BCUT2D eigenvalue weighted by Crippen LogP contribution is -2.41. The average molecular weight is 361 g/mol. The molecule has 0 aromatic heterocycles. The minimum atomic E-state index is -3.39. The lowest BCUT2D eigenvalue weighted by atomic mass is 10.1. The first-order valence-electron chi connectivity index (χ1n) is 7.54. The van der Waals surface area contributed by atoms with E-state index in [1.165, 1.54) is 36.3 Å². The van der Waals surface area contributed by atoms with Crippen molar-refractivity contribution >= 4 is 21.4 Å². The van der Waals surface area contributed by atoms with Crippen LogP contribution in [-0.2, 0) is 9.84 Å². The van der Waals surface area contributed by atoms with Gasteiger partial charge in [0.15, 0.2) is 9.84 Å². The number of halogens is 1. The van der Waals surface area contributed by atoms with Crippen LogP contribution in [0, 0.1) is 5.82 Å². The Labute approximate surface area is 145 Å². The van der Waals surface area contributed by atoms with Crippen LogP contribution in [0.3, 0.4) is 0 Å². The van der Waals surface area contributed by atoms with Crippen molar-refractivity contribution in [3.63, 3.8) is 0 Å². The summed E-state index contributed by atoms with van der Waals surface area (Å²) in [6, 6.07) is 11.5. The Hall–Kier alpha value is -2.67. The summed E-state index contributed by atoms with van der Waals surface area (Å²) in [5.41, 5.74) is 0.308. The number of methoxy groups -OCH3 is 1. The third-order valence-electron chi connectivity index (χ3n) is 3.90. The van der Waals surface area contributed by atoms with E-state index in [4.69, 9.17) is 4.74 Å². The zero-order valence-corrected chi connectivity index (χ0v) is 14.2. The number of carbonyl (C=O) groups is 1. The summed E-state index contributed by atoms with van der Waals surface area (Å²) in [4.78, 5) is 14.3. The van der Waals surface area contributed by atoms with Crippen LogP contribution >= 0.6 is 0 Å². The summed E-state index contributed by atoms with van der Waals surface area (Å²) in [5.74, 6) is -1.01. The fourth-order valence-corrected chi connectivity index (χ4v) is 3.97. The Morgan fingerprint density at radius 1 is 1.20 bits per heavy atom. The fraction of sp³-hybridized carbons (Fsp3) is 0.167. The first kappa shape index (κ1) is 17.2. The highest BCUT2D eigenvalue weighted by Crippen LogP contribution is 2.28. The third kappa shape index (κ3) is 3.56. The zero-order chi connectivity index (χ0) is 18.0. The molecule has 1 aliphatic rings. The number of sulfone groups is 1. The van der Waals surface area contributed by atoms with Crippen LogP contribution in [0.15, 0.2) is 60.0 Å². The van der Waals surface area contributed by atoms with Gasteiger partial charge < -0.3 is 9.64 Å². The first-order chi connectivity index (χ1) is 11.9. The third-order valence-corrected chi connectivity index (χ3v) is 5.28. The van der Waals surface area contributed by atoms with Crippen LogP contribution in [0.25, 0.3) is 0 Å². The molecule has 1 heterocycles. The lowest BCUT2D eigenvalue weighted by molar-refractivity contribution is 0.0979. The normalized spacial score (nSPS) is 18.1. The van der Waals surface area contributed by atoms with E-state index in [1.807, 2.05) is 0 Å². The molecule has 0 saturated carbocycles. The minimum absolute atomic E-state index is 0.122. The molecule has 0 aliphatic carbocycles. The second kappa shape index (κ2) is 6.68. The molecule has 0 fully saturated rings. The molecule has 1 amide bonds. The van der Waals surface area contributed by atoms with Gasteiger partial charge in [-0.2, -0.15) is 0 Å². The number of rotatable bonds is 4. The summed E-state index contributed by atoms with van der Waals surface area (Å²) >= 11 is 0. The molecule has 1 atom stereocenters. The van der Waals surface area contributed by atoms with E-state index < -0.39 is 27.6 Å². The van der Waals surface area contributed by atoms with Crippen molar-refractivity contribution in [1.82, 2.24) is 0 Å². The highest BCUT2D eigenvalue weighted by atomic mass is 32.2. The molecule has 7 heteroatoms. The number of amides is 1. The monoisotopic (exact) mass is 361 g/mol. The van der Waals surface area contributed by atoms with Gasteiger partial charge in [-0.1, -0.05) is 18.2 Å². The molecular formula is C18H16FNO4S. The predicted molar refractivity (Wildman–Crippen MR) is 92.9 cm³/mol. The lowest BCUT2D eigenvalue weighted by Gasteiger charge is -2.28. The van der Waals surface area contributed by atoms with Crippen LogP contribution in [-0.4, -0.2) is 33.2 Å². The van der Waals surface area contributed by atoms with Gasteiger partial charge >= 0.3 is 0 Å². The maximum absolute atomic E-state index is 14.1. The van der Waals surface area contributed by atoms with Crippen LogP contribution in [0.2, 0.25) is 0 Å². The number of benzene rings is 2. The van der Waals surface area contributed by atoms with Gasteiger partial charge in [0.25, 0.3) is 5.91 Å². The Bertz CT molecular complexity index is 940. The molecule has 1 unspecified atom stereocenters. The Balaban J connectivity index is 2.07. The number of anilines is 1. The van der Waals surface area contributed by atoms with Gasteiger partial charge in [0.1, 0.15) is 11.6 Å². The molecule has 0 N–H and O–H groups in total. The number of nitrogens with zero attached hydrogens (tertiary/aromatic N) is 1. The van der Waals surface area contributed by atoms with E-state index in [9.17, 15) is 17.6 Å². The molecule has 2 aromatic rings. The van der Waals surface area contributed by atoms with E-state index in [2.05, 4.69) is 0 Å². The molecule has 1 aliphatic heterocycles. The summed E-state index contributed by atoms with van der Waals surface area (Å²) in [6.45, 7) is 0. The molecule has 5 nitrogen and oxygen atoms in total. The van der Waals surface area contributed by atoms with Crippen molar-refractivity contribution in [2.24, 2.45) is 0 Å². The van der Waals surface area contributed by atoms with Crippen LogP contribution in [0.4, 0.5) is 10.1 Å². The maximum Gasteiger partial charge on any atom is 0.261 e. The van der Waals surface area contributed by atoms with E-state index in [0.29, 0.717) is 11.4 Å². The molecule has 3 rings (SSSR count). The summed E-state index contributed by atoms with van der Waals surface area (Å²) < 4.78 is 42.9. The molecule has 2 aromatic carbocycles. The number of hydrogen-bond donors (Lipinski definition) is 0. The van der Waals surface area contributed by atoms with Crippen molar-refractivity contribution < 1.29 is 22.3 Å². The van der Waals surface area contributed by atoms with Crippen LogP contribution < -0.4 is 9.64 Å². The summed E-state index contributed by atoms with van der Waals surface area (Å²) in [5, 5.41) is 1.08. The van der Waals surface area contributed by atoms with Crippen LogP contribution in [0.1, 0.15) is 10.4 Å². The fourth-order valence-electron chi connectivity index (χ4n) is 2.70. The summed E-state index contributed by atoms with van der Waals surface area (Å²) in [7, 11) is -1.90. The Morgan fingerprint density at radius 2 is 1.96 bits per heavy atom. The van der Waals surface area contributed by atoms with Gasteiger partial charge in [0, 0.05) is 17.2 Å². The Kier molecular flexibility index (Phi) is 4.59. The van der Waals surface area contributed by atoms with Crippen molar-refractivity contribution in [1.29, 1.82) is 0 Å². The van der Waals surface area contributed by atoms with Gasteiger partial charge in [-0.25, -0.2) is 12.8 Å². The van der Waals surface area contributed by atoms with Crippen molar-refractivity contribution in [2.45, 2.75) is 6.04 Å². The molecule has 0 bridgehead atoms. The highest BCUT2D eigenvalue weighted by molar-refractivity contribution is 7.94. The number of carbonyl (C=O) groups excluding carboxylic acids is 1. The first-order valence-corrected chi connectivity index (χ1v) is 9.26. The van der Waals surface area contributed by atoms with E-state index >= 15 is 0 Å². The highest BCUT2D eigenvalue weighted by Gasteiger charge is 2.33. The second-order valence-electron chi connectivity index (χ2n) is 5.58.